The molecular formula is C14H15BrO4. The van der Waals surface area contributed by atoms with Crippen LogP contribution in [0, 0.1) is 0 Å². The fraction of sp³-hybridized carbons (Fsp3) is 0.286. The fourth-order valence-electron chi connectivity index (χ4n) is 1.53. The van der Waals surface area contributed by atoms with E-state index < -0.39 is 5.97 Å². The molecule has 0 amide bonds. The van der Waals surface area contributed by atoms with Crippen molar-refractivity contribution >= 4 is 33.8 Å². The number of carboxylic acid groups (broad SMARTS) is 1. The first-order valence-corrected chi connectivity index (χ1v) is 6.73. The molecule has 5 heteroatoms. The standard InChI is InChI=1S/C14H15BrO4/c1-3-19-11-5-6-12(14(18)9(2)15)10(8-11)4-7-13(16)17/h4-9H,3H2,1-2H3,(H,16,17). The number of halogens is 1. The number of ketones is 1. The zero-order valence-electron chi connectivity index (χ0n) is 10.7. The molecule has 0 heterocycles. The second-order valence-corrected chi connectivity index (χ2v) is 5.21. The molecule has 0 aliphatic heterocycles. The molecule has 1 atom stereocenters. The number of rotatable bonds is 6. The fourth-order valence-corrected chi connectivity index (χ4v) is 1.78. The van der Waals surface area contributed by atoms with Crippen LogP contribution in [0.1, 0.15) is 29.8 Å². The van der Waals surface area contributed by atoms with Crippen molar-refractivity contribution in [2.75, 3.05) is 6.61 Å². The molecule has 0 bridgehead atoms. The van der Waals surface area contributed by atoms with Crippen molar-refractivity contribution in [3.8, 4) is 5.75 Å². The van der Waals surface area contributed by atoms with E-state index in [-0.39, 0.29) is 10.6 Å². The third-order valence-electron chi connectivity index (χ3n) is 2.37. The highest BCUT2D eigenvalue weighted by Crippen LogP contribution is 2.22. The Morgan fingerprint density at radius 2 is 2.16 bits per heavy atom. The third kappa shape index (κ3) is 4.52. The third-order valence-corrected chi connectivity index (χ3v) is 2.78. The first-order valence-electron chi connectivity index (χ1n) is 5.81. The average molecular weight is 327 g/mol. The molecule has 0 radical (unpaired) electrons. The molecule has 0 saturated heterocycles. The summed E-state index contributed by atoms with van der Waals surface area (Å²) in [5, 5.41) is 8.67. The molecule has 0 saturated carbocycles. The Morgan fingerprint density at radius 3 is 2.68 bits per heavy atom. The second-order valence-electron chi connectivity index (χ2n) is 3.83. The van der Waals surface area contributed by atoms with E-state index >= 15 is 0 Å². The van der Waals surface area contributed by atoms with Crippen molar-refractivity contribution in [1.29, 1.82) is 0 Å². The van der Waals surface area contributed by atoms with Gasteiger partial charge in [-0.25, -0.2) is 4.79 Å². The van der Waals surface area contributed by atoms with E-state index in [1.807, 2.05) is 6.92 Å². The number of hydrogen-bond donors (Lipinski definition) is 1. The molecule has 19 heavy (non-hydrogen) atoms. The number of carbonyl (C=O) groups is 2. The Bertz CT molecular complexity index is 506. The molecule has 1 aromatic rings. The number of ether oxygens (including phenoxy) is 1. The van der Waals surface area contributed by atoms with Crippen LogP contribution in [0.2, 0.25) is 0 Å². The minimum absolute atomic E-state index is 0.104. The van der Waals surface area contributed by atoms with Gasteiger partial charge in [-0.3, -0.25) is 4.79 Å². The van der Waals surface area contributed by atoms with Gasteiger partial charge in [0, 0.05) is 11.6 Å². The van der Waals surface area contributed by atoms with Crippen LogP contribution in [-0.4, -0.2) is 28.3 Å². The van der Waals surface area contributed by atoms with Crippen molar-refractivity contribution in [2.45, 2.75) is 18.7 Å². The number of hydrogen-bond acceptors (Lipinski definition) is 3. The smallest absolute Gasteiger partial charge is 0.328 e. The van der Waals surface area contributed by atoms with E-state index in [0.717, 1.165) is 6.08 Å². The minimum Gasteiger partial charge on any atom is -0.494 e. The zero-order valence-corrected chi connectivity index (χ0v) is 12.3. The SMILES string of the molecule is CCOc1ccc(C(=O)C(C)Br)c(C=CC(=O)O)c1. The Labute approximate surface area is 120 Å². The predicted molar refractivity (Wildman–Crippen MR) is 77.0 cm³/mol. The Hall–Kier alpha value is -1.62. The van der Waals surface area contributed by atoms with Gasteiger partial charge in [0.2, 0.25) is 0 Å². The quantitative estimate of drug-likeness (QED) is 0.495. The van der Waals surface area contributed by atoms with Crippen LogP contribution in [0.25, 0.3) is 6.08 Å². The maximum atomic E-state index is 12.0. The van der Waals surface area contributed by atoms with Crippen LogP contribution in [0.3, 0.4) is 0 Å². The van der Waals surface area contributed by atoms with Gasteiger partial charge in [0.1, 0.15) is 5.75 Å². The number of alkyl halides is 1. The molecule has 1 aromatic carbocycles. The largest absolute Gasteiger partial charge is 0.494 e. The summed E-state index contributed by atoms with van der Waals surface area (Å²) in [6, 6.07) is 5.00. The van der Waals surface area contributed by atoms with E-state index in [0.29, 0.717) is 23.5 Å². The molecule has 0 spiro atoms. The Kier molecular flexibility index (Phi) is 5.76. The van der Waals surface area contributed by atoms with Crippen molar-refractivity contribution in [2.24, 2.45) is 0 Å². The first-order chi connectivity index (χ1) is 8.95. The van der Waals surface area contributed by atoms with Crippen LogP contribution in [0.5, 0.6) is 5.75 Å². The summed E-state index contributed by atoms with van der Waals surface area (Å²) < 4.78 is 5.34. The van der Waals surface area contributed by atoms with Crippen LogP contribution >= 0.6 is 15.9 Å². The molecule has 102 valence electrons. The van der Waals surface area contributed by atoms with Gasteiger partial charge in [-0.1, -0.05) is 15.9 Å². The van der Waals surface area contributed by atoms with E-state index in [9.17, 15) is 9.59 Å². The van der Waals surface area contributed by atoms with Gasteiger partial charge in [-0.2, -0.15) is 0 Å². The lowest BCUT2D eigenvalue weighted by Crippen LogP contribution is -2.11. The van der Waals surface area contributed by atoms with Crippen molar-refractivity contribution < 1.29 is 19.4 Å². The van der Waals surface area contributed by atoms with Gasteiger partial charge in [0.25, 0.3) is 0 Å². The normalized spacial score (nSPS) is 12.4. The molecule has 1 unspecified atom stereocenters. The van der Waals surface area contributed by atoms with Gasteiger partial charge in [0.15, 0.2) is 5.78 Å². The van der Waals surface area contributed by atoms with Crippen LogP contribution < -0.4 is 4.74 Å². The van der Waals surface area contributed by atoms with Gasteiger partial charge >= 0.3 is 5.97 Å². The molecule has 1 rings (SSSR count). The molecule has 0 aliphatic rings. The van der Waals surface area contributed by atoms with Crippen LogP contribution in [0.15, 0.2) is 24.3 Å². The van der Waals surface area contributed by atoms with Gasteiger partial charge in [-0.05, 0) is 43.7 Å². The maximum Gasteiger partial charge on any atom is 0.328 e. The topological polar surface area (TPSA) is 63.6 Å². The lowest BCUT2D eigenvalue weighted by molar-refractivity contribution is -0.131. The van der Waals surface area contributed by atoms with E-state index in [1.54, 1.807) is 25.1 Å². The lowest BCUT2D eigenvalue weighted by Gasteiger charge is -2.10. The van der Waals surface area contributed by atoms with Gasteiger partial charge in [0.05, 0.1) is 11.4 Å². The number of benzene rings is 1. The lowest BCUT2D eigenvalue weighted by atomic mass is 10.0. The van der Waals surface area contributed by atoms with Crippen molar-refractivity contribution in [3.63, 3.8) is 0 Å². The van der Waals surface area contributed by atoms with Crippen molar-refractivity contribution in [3.05, 3.63) is 35.4 Å². The summed E-state index contributed by atoms with van der Waals surface area (Å²) in [4.78, 5) is 22.3. The zero-order chi connectivity index (χ0) is 14.4. The number of carboxylic acids is 1. The van der Waals surface area contributed by atoms with E-state index in [4.69, 9.17) is 9.84 Å². The number of aliphatic carboxylic acids is 1. The minimum atomic E-state index is -1.06. The molecule has 0 aromatic heterocycles. The summed E-state index contributed by atoms with van der Waals surface area (Å²) >= 11 is 3.22. The molecule has 1 N–H and O–H groups in total. The number of Topliss-reactive ketones (excluding diaryl/α,β-unsaturated/α-hetero) is 1. The maximum absolute atomic E-state index is 12.0. The highest BCUT2D eigenvalue weighted by atomic mass is 79.9. The second kappa shape index (κ2) is 7.09. The summed E-state index contributed by atoms with van der Waals surface area (Å²) in [6.07, 6.45) is 2.40. The molecular weight excluding hydrogens is 312 g/mol. The highest BCUT2D eigenvalue weighted by molar-refractivity contribution is 9.10. The van der Waals surface area contributed by atoms with Gasteiger partial charge in [-0.15, -0.1) is 0 Å². The summed E-state index contributed by atoms with van der Waals surface area (Å²) in [5.41, 5.74) is 0.995. The van der Waals surface area contributed by atoms with E-state index in [1.165, 1.54) is 6.08 Å². The summed E-state index contributed by atoms with van der Waals surface area (Å²) in [6.45, 7) is 4.08. The average Bonchev–Trinajstić information content (AvgIpc) is 2.36. The Balaban J connectivity index is 3.22. The predicted octanol–water partition coefficient (Wildman–Crippen LogP) is 3.15. The summed E-state index contributed by atoms with van der Waals surface area (Å²) in [5.74, 6) is -0.563. The van der Waals surface area contributed by atoms with Crippen molar-refractivity contribution in [1.82, 2.24) is 0 Å². The first kappa shape index (κ1) is 15.4. The van der Waals surface area contributed by atoms with Crippen LogP contribution in [-0.2, 0) is 4.79 Å². The Morgan fingerprint density at radius 1 is 1.47 bits per heavy atom. The molecule has 0 fully saturated rings. The van der Waals surface area contributed by atoms with Crippen LogP contribution in [0.4, 0.5) is 0 Å². The number of carbonyl (C=O) groups excluding carboxylic acids is 1. The van der Waals surface area contributed by atoms with E-state index in [2.05, 4.69) is 15.9 Å². The highest BCUT2D eigenvalue weighted by Gasteiger charge is 2.15. The summed E-state index contributed by atoms with van der Waals surface area (Å²) in [7, 11) is 0. The molecule has 0 aliphatic carbocycles. The molecule has 4 nitrogen and oxygen atoms in total. The van der Waals surface area contributed by atoms with Gasteiger partial charge < -0.3 is 9.84 Å². The monoisotopic (exact) mass is 326 g/mol.